The quantitative estimate of drug-likeness (QED) is 0.813. The minimum Gasteiger partial charge on any atom is -0.387 e. The van der Waals surface area contributed by atoms with Gasteiger partial charge in [0.2, 0.25) is 0 Å². The van der Waals surface area contributed by atoms with Gasteiger partial charge in [-0.2, -0.15) is 0 Å². The number of nitrogens with zero attached hydrogens (tertiary/aromatic N) is 1. The minimum absolute atomic E-state index is 0.353. The van der Waals surface area contributed by atoms with Gasteiger partial charge in [-0.25, -0.2) is 0 Å². The SMILES string of the molecule is CCN(CC(O)c1ccc(CC(C)C)cc1)C1CC1. The first-order valence-electron chi connectivity index (χ1n) is 7.61. The van der Waals surface area contributed by atoms with E-state index in [9.17, 15) is 5.11 Å². The van der Waals surface area contributed by atoms with E-state index >= 15 is 0 Å². The molecule has 1 aromatic rings. The van der Waals surface area contributed by atoms with E-state index in [1.807, 2.05) is 0 Å². The summed E-state index contributed by atoms with van der Waals surface area (Å²) in [6.07, 6.45) is 3.36. The first-order valence-corrected chi connectivity index (χ1v) is 7.61. The van der Waals surface area contributed by atoms with Gasteiger partial charge in [0.15, 0.2) is 0 Å². The second-order valence-corrected chi connectivity index (χ2v) is 6.17. The van der Waals surface area contributed by atoms with Crippen LogP contribution < -0.4 is 0 Å². The van der Waals surface area contributed by atoms with Crippen LogP contribution in [0.25, 0.3) is 0 Å². The van der Waals surface area contributed by atoms with Crippen molar-refractivity contribution in [3.05, 3.63) is 35.4 Å². The van der Waals surface area contributed by atoms with Gasteiger partial charge in [-0.3, -0.25) is 4.90 Å². The number of likely N-dealkylation sites (N-methyl/N-ethyl adjacent to an activating group) is 1. The zero-order chi connectivity index (χ0) is 13.8. The number of aliphatic hydroxyl groups is 1. The number of rotatable bonds is 7. The van der Waals surface area contributed by atoms with Gasteiger partial charge in [-0.15, -0.1) is 0 Å². The molecule has 2 rings (SSSR count). The van der Waals surface area contributed by atoms with Crippen LogP contribution in [0.4, 0.5) is 0 Å². The summed E-state index contributed by atoms with van der Waals surface area (Å²) in [6.45, 7) is 8.45. The molecule has 1 N–H and O–H groups in total. The van der Waals surface area contributed by atoms with Crippen molar-refractivity contribution in [3.8, 4) is 0 Å². The van der Waals surface area contributed by atoms with E-state index in [4.69, 9.17) is 0 Å². The van der Waals surface area contributed by atoms with Crippen LogP contribution >= 0.6 is 0 Å². The molecule has 0 aromatic heterocycles. The van der Waals surface area contributed by atoms with E-state index in [1.54, 1.807) is 0 Å². The van der Waals surface area contributed by atoms with Crippen molar-refractivity contribution in [2.24, 2.45) is 5.92 Å². The van der Waals surface area contributed by atoms with Crippen molar-refractivity contribution in [2.45, 2.75) is 52.2 Å². The molecule has 1 aliphatic carbocycles. The molecule has 0 saturated heterocycles. The maximum absolute atomic E-state index is 10.3. The number of hydrogen-bond acceptors (Lipinski definition) is 2. The molecule has 0 amide bonds. The zero-order valence-electron chi connectivity index (χ0n) is 12.5. The third-order valence-corrected chi connectivity index (χ3v) is 3.89. The molecule has 0 bridgehead atoms. The lowest BCUT2D eigenvalue weighted by Crippen LogP contribution is -2.30. The fraction of sp³-hybridized carbons (Fsp3) is 0.647. The van der Waals surface area contributed by atoms with Crippen LogP contribution in [0.5, 0.6) is 0 Å². The van der Waals surface area contributed by atoms with E-state index in [1.165, 1.54) is 18.4 Å². The van der Waals surface area contributed by atoms with Crippen LogP contribution in [-0.2, 0) is 6.42 Å². The van der Waals surface area contributed by atoms with Crippen LogP contribution in [0, 0.1) is 5.92 Å². The monoisotopic (exact) mass is 261 g/mol. The fourth-order valence-corrected chi connectivity index (χ4v) is 2.65. The molecule has 106 valence electrons. The smallest absolute Gasteiger partial charge is 0.0917 e. The third kappa shape index (κ3) is 4.32. The predicted octanol–water partition coefficient (Wildman–Crippen LogP) is 3.40. The molecule has 1 aromatic carbocycles. The summed E-state index contributed by atoms with van der Waals surface area (Å²) in [5.74, 6) is 0.682. The molecule has 1 unspecified atom stereocenters. The van der Waals surface area contributed by atoms with Crippen molar-refractivity contribution in [1.29, 1.82) is 0 Å². The molecular weight excluding hydrogens is 234 g/mol. The molecule has 1 saturated carbocycles. The van der Waals surface area contributed by atoms with Crippen LogP contribution in [0.15, 0.2) is 24.3 Å². The van der Waals surface area contributed by atoms with Gasteiger partial charge in [-0.05, 0) is 42.9 Å². The van der Waals surface area contributed by atoms with Crippen molar-refractivity contribution in [2.75, 3.05) is 13.1 Å². The van der Waals surface area contributed by atoms with Crippen molar-refractivity contribution in [1.82, 2.24) is 4.90 Å². The summed E-state index contributed by atoms with van der Waals surface area (Å²) in [4.78, 5) is 2.40. The third-order valence-electron chi connectivity index (χ3n) is 3.89. The van der Waals surface area contributed by atoms with Gasteiger partial charge in [0, 0.05) is 12.6 Å². The maximum atomic E-state index is 10.3. The average Bonchev–Trinajstić information content (AvgIpc) is 3.20. The van der Waals surface area contributed by atoms with Gasteiger partial charge >= 0.3 is 0 Å². The summed E-state index contributed by atoms with van der Waals surface area (Å²) in [5.41, 5.74) is 2.41. The second kappa shape index (κ2) is 6.53. The Hall–Kier alpha value is -0.860. The van der Waals surface area contributed by atoms with Crippen LogP contribution in [0.3, 0.4) is 0 Å². The van der Waals surface area contributed by atoms with Crippen LogP contribution in [-0.4, -0.2) is 29.1 Å². The molecule has 0 spiro atoms. The molecule has 2 nitrogen and oxygen atoms in total. The Kier molecular flexibility index (Phi) is 5.00. The van der Waals surface area contributed by atoms with Crippen molar-refractivity contribution < 1.29 is 5.11 Å². The van der Waals surface area contributed by atoms with Crippen LogP contribution in [0.1, 0.15) is 50.8 Å². The molecule has 1 aliphatic rings. The Balaban J connectivity index is 1.92. The highest BCUT2D eigenvalue weighted by Gasteiger charge is 2.29. The summed E-state index contributed by atoms with van der Waals surface area (Å²) in [5, 5.41) is 10.3. The molecule has 1 fully saturated rings. The molecule has 2 heteroatoms. The summed E-state index contributed by atoms with van der Waals surface area (Å²) >= 11 is 0. The maximum Gasteiger partial charge on any atom is 0.0917 e. The molecule has 0 aliphatic heterocycles. The topological polar surface area (TPSA) is 23.5 Å². The van der Waals surface area contributed by atoms with Gasteiger partial charge in [0.05, 0.1) is 6.10 Å². The summed E-state index contributed by atoms with van der Waals surface area (Å²) < 4.78 is 0. The minimum atomic E-state index is -0.353. The Morgan fingerprint density at radius 3 is 2.32 bits per heavy atom. The van der Waals surface area contributed by atoms with E-state index in [0.717, 1.165) is 31.1 Å². The fourth-order valence-electron chi connectivity index (χ4n) is 2.65. The lowest BCUT2D eigenvalue weighted by Gasteiger charge is -2.23. The van der Waals surface area contributed by atoms with Crippen molar-refractivity contribution in [3.63, 3.8) is 0 Å². The highest BCUT2D eigenvalue weighted by Crippen LogP contribution is 2.28. The largest absolute Gasteiger partial charge is 0.387 e. The Bertz CT molecular complexity index is 381. The van der Waals surface area contributed by atoms with Gasteiger partial charge < -0.3 is 5.11 Å². The Morgan fingerprint density at radius 2 is 1.84 bits per heavy atom. The number of benzene rings is 1. The van der Waals surface area contributed by atoms with Gasteiger partial charge in [0.25, 0.3) is 0 Å². The van der Waals surface area contributed by atoms with E-state index in [0.29, 0.717) is 5.92 Å². The highest BCUT2D eigenvalue weighted by atomic mass is 16.3. The normalized spacial score (nSPS) is 17.2. The summed E-state index contributed by atoms with van der Waals surface area (Å²) in [6, 6.07) is 9.21. The standard InChI is InChI=1S/C17H27NO/c1-4-18(16-9-10-16)12-17(19)15-7-5-14(6-8-15)11-13(2)3/h5-8,13,16-17,19H,4,9-12H2,1-3H3. The Morgan fingerprint density at radius 1 is 1.21 bits per heavy atom. The average molecular weight is 261 g/mol. The molecule has 1 atom stereocenters. The van der Waals surface area contributed by atoms with E-state index in [-0.39, 0.29) is 6.10 Å². The predicted molar refractivity (Wildman–Crippen MR) is 80.2 cm³/mol. The summed E-state index contributed by atoms with van der Waals surface area (Å²) in [7, 11) is 0. The lowest BCUT2D eigenvalue weighted by molar-refractivity contribution is 0.112. The molecule has 0 heterocycles. The molecular formula is C17H27NO. The first-order chi connectivity index (χ1) is 9.10. The highest BCUT2D eigenvalue weighted by molar-refractivity contribution is 5.24. The molecule has 19 heavy (non-hydrogen) atoms. The van der Waals surface area contributed by atoms with Crippen molar-refractivity contribution >= 4 is 0 Å². The zero-order valence-corrected chi connectivity index (χ0v) is 12.5. The van der Waals surface area contributed by atoms with E-state index in [2.05, 4.69) is 49.9 Å². The number of hydrogen-bond donors (Lipinski definition) is 1. The first kappa shape index (κ1) is 14.5. The Labute approximate surface area is 117 Å². The lowest BCUT2D eigenvalue weighted by atomic mass is 10.00. The number of aliphatic hydroxyl groups excluding tert-OH is 1. The van der Waals surface area contributed by atoms with Gasteiger partial charge in [0.1, 0.15) is 0 Å². The van der Waals surface area contributed by atoms with Gasteiger partial charge in [-0.1, -0.05) is 45.0 Å². The second-order valence-electron chi connectivity index (χ2n) is 6.17. The van der Waals surface area contributed by atoms with E-state index < -0.39 is 0 Å². The van der Waals surface area contributed by atoms with Crippen LogP contribution in [0.2, 0.25) is 0 Å². The molecule has 0 radical (unpaired) electrons.